The minimum atomic E-state index is -0.361. The topological polar surface area (TPSA) is 66.2 Å². The van der Waals surface area contributed by atoms with Crippen LogP contribution in [-0.4, -0.2) is 36.1 Å². The molecule has 0 fully saturated rings. The van der Waals surface area contributed by atoms with E-state index in [1.54, 1.807) is 11.1 Å². The second-order valence-corrected chi connectivity index (χ2v) is 5.34. The number of carbonyl (C=O) groups is 1. The first-order valence-electron chi connectivity index (χ1n) is 6.34. The van der Waals surface area contributed by atoms with Gasteiger partial charge in [-0.1, -0.05) is 28.1 Å². The number of benzene rings is 1. The lowest BCUT2D eigenvalue weighted by Crippen LogP contribution is -2.30. The number of pyridine rings is 1. The van der Waals surface area contributed by atoms with Crippen molar-refractivity contribution in [3.8, 4) is 6.07 Å². The van der Waals surface area contributed by atoms with Crippen LogP contribution in [0.1, 0.15) is 5.56 Å². The molecule has 108 valence electrons. The number of hydrogen-bond acceptors (Lipinski definition) is 5. The molecular formula is C15H14BrN3O2. The van der Waals surface area contributed by atoms with Crippen LogP contribution in [0.2, 0.25) is 0 Å². The molecule has 0 saturated carbocycles. The van der Waals surface area contributed by atoms with Gasteiger partial charge in [-0.2, -0.15) is 5.26 Å². The normalized spacial score (nSPS) is 10.6. The highest BCUT2D eigenvalue weighted by Gasteiger charge is 2.14. The lowest BCUT2D eigenvalue weighted by molar-refractivity contribution is -0.141. The van der Waals surface area contributed by atoms with Crippen LogP contribution in [0.4, 0.5) is 0 Å². The maximum Gasteiger partial charge on any atom is 0.319 e. The molecule has 0 aliphatic heterocycles. The predicted molar refractivity (Wildman–Crippen MR) is 82.3 cm³/mol. The molecule has 6 heteroatoms. The zero-order valence-electron chi connectivity index (χ0n) is 11.5. The average molecular weight is 348 g/mol. The van der Waals surface area contributed by atoms with Crippen LogP contribution in [0.3, 0.4) is 0 Å². The number of ether oxygens (including phenoxy) is 1. The van der Waals surface area contributed by atoms with Gasteiger partial charge in [0.1, 0.15) is 0 Å². The predicted octanol–water partition coefficient (Wildman–Crippen LogP) is 2.50. The number of carbonyl (C=O) groups excluding carboxylic acids is 1. The van der Waals surface area contributed by atoms with Gasteiger partial charge in [0.2, 0.25) is 0 Å². The fraction of sp³-hybridized carbons (Fsp3) is 0.267. The molecule has 2 aromatic rings. The van der Waals surface area contributed by atoms with E-state index in [1.807, 2.05) is 24.3 Å². The fourth-order valence-electron chi connectivity index (χ4n) is 2.08. The molecule has 1 aromatic carbocycles. The van der Waals surface area contributed by atoms with Crippen molar-refractivity contribution in [2.24, 2.45) is 0 Å². The van der Waals surface area contributed by atoms with Crippen LogP contribution in [-0.2, 0) is 16.1 Å². The Morgan fingerprint density at radius 1 is 1.48 bits per heavy atom. The summed E-state index contributed by atoms with van der Waals surface area (Å²) < 4.78 is 5.63. The van der Waals surface area contributed by atoms with Crippen molar-refractivity contribution in [2.45, 2.75) is 6.54 Å². The largest absolute Gasteiger partial charge is 0.468 e. The number of esters is 1. The van der Waals surface area contributed by atoms with E-state index in [-0.39, 0.29) is 19.1 Å². The molecule has 2 rings (SSSR count). The van der Waals surface area contributed by atoms with E-state index < -0.39 is 0 Å². The summed E-state index contributed by atoms with van der Waals surface area (Å²) in [6.45, 7) is 0.692. The van der Waals surface area contributed by atoms with Crippen LogP contribution in [0, 0.1) is 11.3 Å². The number of fused-ring (bicyclic) bond motifs is 1. The maximum atomic E-state index is 11.4. The molecule has 0 aliphatic carbocycles. The molecule has 0 spiro atoms. The highest BCUT2D eigenvalue weighted by atomic mass is 79.9. The minimum Gasteiger partial charge on any atom is -0.468 e. The second-order valence-electron chi connectivity index (χ2n) is 4.49. The van der Waals surface area contributed by atoms with Crippen molar-refractivity contribution < 1.29 is 9.53 Å². The zero-order valence-corrected chi connectivity index (χ0v) is 13.1. The van der Waals surface area contributed by atoms with Crippen LogP contribution in [0.5, 0.6) is 0 Å². The molecule has 0 amide bonds. The Bertz CT molecular complexity index is 697. The van der Waals surface area contributed by atoms with Gasteiger partial charge in [0.05, 0.1) is 31.8 Å². The van der Waals surface area contributed by atoms with Gasteiger partial charge in [-0.3, -0.25) is 14.7 Å². The van der Waals surface area contributed by atoms with Crippen molar-refractivity contribution in [1.29, 1.82) is 5.26 Å². The van der Waals surface area contributed by atoms with Crippen LogP contribution >= 0.6 is 15.9 Å². The molecule has 0 radical (unpaired) electrons. The van der Waals surface area contributed by atoms with Crippen molar-refractivity contribution in [3.05, 3.63) is 40.5 Å². The third-order valence-corrected chi connectivity index (χ3v) is 3.76. The minimum absolute atomic E-state index is 0.0778. The second kappa shape index (κ2) is 7.16. The monoisotopic (exact) mass is 347 g/mol. The van der Waals surface area contributed by atoms with Gasteiger partial charge < -0.3 is 4.74 Å². The summed E-state index contributed by atoms with van der Waals surface area (Å²) in [6, 6.07) is 9.81. The van der Waals surface area contributed by atoms with E-state index in [1.165, 1.54) is 7.11 Å². The first-order valence-corrected chi connectivity index (χ1v) is 7.13. The van der Waals surface area contributed by atoms with Crippen LogP contribution in [0.25, 0.3) is 10.9 Å². The van der Waals surface area contributed by atoms with Crippen molar-refractivity contribution in [1.82, 2.24) is 9.88 Å². The molecule has 0 unspecified atom stereocenters. The number of nitriles is 1. The van der Waals surface area contributed by atoms with Gasteiger partial charge in [0.15, 0.2) is 0 Å². The molecule has 0 atom stereocenters. The summed E-state index contributed by atoms with van der Waals surface area (Å²) in [5, 5.41) is 9.90. The van der Waals surface area contributed by atoms with Gasteiger partial charge in [0, 0.05) is 22.6 Å². The van der Waals surface area contributed by atoms with E-state index in [9.17, 15) is 4.79 Å². The standard InChI is InChI=1S/C15H14BrN3O2/c1-21-14(20)10-19(8-6-17)9-11-4-5-13(16)12-3-2-7-18-15(11)12/h2-5,7H,8-10H2,1H3. The molecule has 5 nitrogen and oxygen atoms in total. The zero-order chi connectivity index (χ0) is 15.2. The molecule has 21 heavy (non-hydrogen) atoms. The van der Waals surface area contributed by atoms with E-state index in [4.69, 9.17) is 5.26 Å². The summed E-state index contributed by atoms with van der Waals surface area (Å²) in [7, 11) is 1.34. The Hall–Kier alpha value is -1.97. The lowest BCUT2D eigenvalue weighted by atomic mass is 10.1. The maximum absolute atomic E-state index is 11.4. The summed E-state index contributed by atoms with van der Waals surface area (Å²) in [6.07, 6.45) is 1.73. The van der Waals surface area contributed by atoms with Crippen LogP contribution in [0.15, 0.2) is 34.9 Å². The van der Waals surface area contributed by atoms with Crippen LogP contribution < -0.4 is 0 Å². The molecular weight excluding hydrogens is 334 g/mol. The van der Waals surface area contributed by atoms with Gasteiger partial charge in [0.25, 0.3) is 0 Å². The van der Waals surface area contributed by atoms with E-state index in [0.717, 1.165) is 20.9 Å². The fourth-order valence-corrected chi connectivity index (χ4v) is 2.53. The number of hydrogen-bond donors (Lipinski definition) is 0. The first kappa shape index (κ1) is 15.4. The van der Waals surface area contributed by atoms with Crippen molar-refractivity contribution in [2.75, 3.05) is 20.2 Å². The van der Waals surface area contributed by atoms with Gasteiger partial charge in [-0.05, 0) is 17.7 Å². The SMILES string of the molecule is COC(=O)CN(CC#N)Cc1ccc(Br)c2cccnc12. The third-order valence-electron chi connectivity index (χ3n) is 3.07. The molecule has 0 aliphatic rings. The summed E-state index contributed by atoms with van der Waals surface area (Å²) >= 11 is 3.50. The Balaban J connectivity index is 2.31. The molecule has 0 N–H and O–H groups in total. The van der Waals surface area contributed by atoms with Crippen molar-refractivity contribution >= 4 is 32.8 Å². The quantitative estimate of drug-likeness (QED) is 0.614. The molecule has 0 bridgehead atoms. The molecule has 1 aromatic heterocycles. The van der Waals surface area contributed by atoms with E-state index in [2.05, 4.69) is 31.7 Å². The number of aromatic nitrogens is 1. The summed E-state index contributed by atoms with van der Waals surface area (Å²) in [5.41, 5.74) is 1.83. The van der Waals surface area contributed by atoms with E-state index >= 15 is 0 Å². The Morgan fingerprint density at radius 3 is 3.00 bits per heavy atom. The number of rotatable bonds is 5. The number of nitrogens with zero attached hydrogens (tertiary/aromatic N) is 3. The summed E-state index contributed by atoms with van der Waals surface area (Å²) in [5.74, 6) is -0.361. The lowest BCUT2D eigenvalue weighted by Gasteiger charge is -2.18. The summed E-state index contributed by atoms with van der Waals surface area (Å²) in [4.78, 5) is 17.5. The van der Waals surface area contributed by atoms with Gasteiger partial charge in [-0.25, -0.2) is 0 Å². The van der Waals surface area contributed by atoms with Gasteiger partial charge in [-0.15, -0.1) is 0 Å². The Morgan fingerprint density at radius 2 is 2.29 bits per heavy atom. The first-order chi connectivity index (χ1) is 10.2. The van der Waals surface area contributed by atoms with Gasteiger partial charge >= 0.3 is 5.97 Å². The Kier molecular flexibility index (Phi) is 5.26. The third kappa shape index (κ3) is 3.78. The average Bonchev–Trinajstić information content (AvgIpc) is 2.50. The number of halogens is 1. The van der Waals surface area contributed by atoms with Crippen molar-refractivity contribution in [3.63, 3.8) is 0 Å². The smallest absolute Gasteiger partial charge is 0.319 e. The molecule has 1 heterocycles. The number of methoxy groups -OCH3 is 1. The highest BCUT2D eigenvalue weighted by Crippen LogP contribution is 2.25. The Labute approximate surface area is 131 Å². The van der Waals surface area contributed by atoms with E-state index in [0.29, 0.717) is 6.54 Å². The highest BCUT2D eigenvalue weighted by molar-refractivity contribution is 9.10. The molecule has 0 saturated heterocycles.